The first-order chi connectivity index (χ1) is 14.4. The molecule has 8 nitrogen and oxygen atoms in total. The molecule has 164 valence electrons. The first kappa shape index (κ1) is 22.6. The Hall–Kier alpha value is -3.11. The second-order valence-electron chi connectivity index (χ2n) is 8.15. The third-order valence-corrected chi connectivity index (χ3v) is 6.37. The minimum atomic E-state index is -4.05. The van der Waals surface area contributed by atoms with Gasteiger partial charge in [0.25, 0.3) is 5.91 Å². The van der Waals surface area contributed by atoms with Crippen LogP contribution < -0.4 is 5.32 Å². The minimum absolute atomic E-state index is 0.00657. The maximum absolute atomic E-state index is 14.2. The van der Waals surface area contributed by atoms with Gasteiger partial charge in [0.1, 0.15) is 16.5 Å². The van der Waals surface area contributed by atoms with Crippen LogP contribution in [0.4, 0.5) is 10.2 Å². The van der Waals surface area contributed by atoms with Crippen LogP contribution >= 0.6 is 0 Å². The van der Waals surface area contributed by atoms with Gasteiger partial charge in [-0.15, -0.1) is 0 Å². The molecule has 0 fully saturated rings. The van der Waals surface area contributed by atoms with Gasteiger partial charge in [-0.2, -0.15) is 9.78 Å². The number of nitrogens with one attached hydrogen (secondary N) is 1. The van der Waals surface area contributed by atoms with Gasteiger partial charge in [0.2, 0.25) is 10.0 Å². The molecule has 2 aromatic heterocycles. The summed E-state index contributed by atoms with van der Waals surface area (Å²) in [5, 5.41) is 7.31. The number of benzene rings is 1. The lowest BCUT2D eigenvalue weighted by molar-refractivity contribution is 0.102. The van der Waals surface area contributed by atoms with Crippen LogP contribution in [-0.4, -0.2) is 47.5 Å². The lowest BCUT2D eigenvalue weighted by Crippen LogP contribution is -2.24. The van der Waals surface area contributed by atoms with E-state index < -0.39 is 26.6 Å². The summed E-state index contributed by atoms with van der Waals surface area (Å²) in [6.07, 6.45) is 1.61. The van der Waals surface area contributed by atoms with Gasteiger partial charge in [-0.3, -0.25) is 4.79 Å². The molecule has 1 aromatic carbocycles. The van der Waals surface area contributed by atoms with Crippen molar-refractivity contribution in [1.82, 2.24) is 19.1 Å². The minimum Gasteiger partial charge on any atom is -0.306 e. The largest absolute Gasteiger partial charge is 0.306 e. The summed E-state index contributed by atoms with van der Waals surface area (Å²) in [5.41, 5.74) is 0.429. The highest BCUT2D eigenvalue weighted by atomic mass is 32.2. The van der Waals surface area contributed by atoms with Crippen LogP contribution in [0, 0.1) is 5.82 Å². The second kappa shape index (κ2) is 8.20. The Balaban J connectivity index is 2.02. The number of sulfonamides is 1. The number of aromatic nitrogens is 3. The van der Waals surface area contributed by atoms with Crippen LogP contribution in [0.3, 0.4) is 0 Å². The van der Waals surface area contributed by atoms with Crippen molar-refractivity contribution in [2.45, 2.75) is 31.1 Å². The fourth-order valence-electron chi connectivity index (χ4n) is 2.72. The fourth-order valence-corrected chi connectivity index (χ4v) is 3.70. The lowest BCUT2D eigenvalue weighted by atomic mass is 9.92. The van der Waals surface area contributed by atoms with E-state index in [4.69, 9.17) is 0 Å². The number of amides is 1. The zero-order valence-corrected chi connectivity index (χ0v) is 18.7. The second-order valence-corrected chi connectivity index (χ2v) is 10.3. The van der Waals surface area contributed by atoms with Crippen molar-refractivity contribution in [3.63, 3.8) is 0 Å². The van der Waals surface area contributed by atoms with Gasteiger partial charge >= 0.3 is 0 Å². The SMILES string of the molecule is CN(C)S(=O)(=O)c1cc(C(=O)Nc2cc(C(C)(C)C)nn2-c2ccccn2)ccc1F. The van der Waals surface area contributed by atoms with Gasteiger partial charge in [-0.05, 0) is 30.3 Å². The highest BCUT2D eigenvalue weighted by molar-refractivity contribution is 7.89. The maximum atomic E-state index is 14.2. The van der Waals surface area contributed by atoms with E-state index in [9.17, 15) is 17.6 Å². The molecular weight excluding hydrogens is 421 g/mol. The van der Waals surface area contributed by atoms with Crippen LogP contribution in [-0.2, 0) is 15.4 Å². The van der Waals surface area contributed by atoms with E-state index in [1.807, 2.05) is 20.8 Å². The molecule has 0 aliphatic carbocycles. The number of hydrogen-bond donors (Lipinski definition) is 1. The molecule has 1 N–H and O–H groups in total. The molecule has 0 atom stereocenters. The molecule has 0 saturated heterocycles. The highest BCUT2D eigenvalue weighted by Crippen LogP contribution is 2.26. The third-order valence-electron chi connectivity index (χ3n) is 4.54. The summed E-state index contributed by atoms with van der Waals surface area (Å²) in [6, 6.07) is 10.2. The van der Waals surface area contributed by atoms with Gasteiger partial charge in [0.05, 0.1) is 5.69 Å². The van der Waals surface area contributed by atoms with E-state index in [0.717, 1.165) is 22.1 Å². The molecule has 3 aromatic rings. The number of nitrogens with zero attached hydrogens (tertiary/aromatic N) is 4. The first-order valence-corrected chi connectivity index (χ1v) is 10.9. The molecule has 0 bridgehead atoms. The zero-order chi connectivity index (χ0) is 23.0. The molecule has 0 aliphatic rings. The lowest BCUT2D eigenvalue weighted by Gasteiger charge is -2.13. The Bertz CT molecular complexity index is 1220. The summed E-state index contributed by atoms with van der Waals surface area (Å²) in [5.74, 6) is -0.676. The average molecular weight is 446 g/mol. The molecule has 10 heteroatoms. The van der Waals surface area contributed by atoms with Crippen molar-refractivity contribution in [3.05, 3.63) is 65.7 Å². The monoisotopic (exact) mass is 445 g/mol. The molecule has 1 amide bonds. The van der Waals surface area contributed by atoms with E-state index in [2.05, 4.69) is 15.4 Å². The number of halogens is 1. The predicted octanol–water partition coefficient (Wildman–Crippen LogP) is 3.21. The van der Waals surface area contributed by atoms with E-state index in [1.54, 1.807) is 30.5 Å². The molecule has 0 aliphatic heterocycles. The van der Waals surface area contributed by atoms with Crippen LogP contribution in [0.5, 0.6) is 0 Å². The van der Waals surface area contributed by atoms with Crippen molar-refractivity contribution < 1.29 is 17.6 Å². The first-order valence-electron chi connectivity index (χ1n) is 9.46. The molecule has 0 spiro atoms. The quantitative estimate of drug-likeness (QED) is 0.650. The standard InChI is InChI=1S/C21H24FN5O3S/c1-21(2,3)17-13-19(27(25-17)18-8-6-7-11-23-18)24-20(28)14-9-10-15(22)16(12-14)31(29,30)26(4)5/h6-13H,1-5H3,(H,24,28). The van der Waals surface area contributed by atoms with Gasteiger partial charge in [-0.1, -0.05) is 26.8 Å². The van der Waals surface area contributed by atoms with E-state index in [1.165, 1.54) is 24.8 Å². The smallest absolute Gasteiger partial charge is 0.256 e. The number of pyridine rings is 1. The fraction of sp³-hybridized carbons (Fsp3) is 0.286. The Kier molecular flexibility index (Phi) is 5.97. The summed E-state index contributed by atoms with van der Waals surface area (Å²) in [6.45, 7) is 5.96. The van der Waals surface area contributed by atoms with Crippen LogP contribution in [0.1, 0.15) is 36.8 Å². The van der Waals surface area contributed by atoms with Gasteiger partial charge in [0, 0.05) is 37.3 Å². The molecular formula is C21H24FN5O3S. The van der Waals surface area contributed by atoms with Crippen LogP contribution in [0.15, 0.2) is 53.6 Å². The number of anilines is 1. The van der Waals surface area contributed by atoms with Gasteiger partial charge in [-0.25, -0.2) is 22.1 Å². The van der Waals surface area contributed by atoms with E-state index >= 15 is 0 Å². The van der Waals surface area contributed by atoms with E-state index in [0.29, 0.717) is 11.6 Å². The molecule has 0 saturated carbocycles. The predicted molar refractivity (Wildman–Crippen MR) is 115 cm³/mol. The third kappa shape index (κ3) is 4.64. The van der Waals surface area contributed by atoms with Crippen molar-refractivity contribution in [2.75, 3.05) is 19.4 Å². The van der Waals surface area contributed by atoms with Gasteiger partial charge < -0.3 is 5.32 Å². The van der Waals surface area contributed by atoms with Crippen LogP contribution in [0.2, 0.25) is 0 Å². The normalized spacial score (nSPS) is 12.2. The van der Waals surface area contributed by atoms with Crippen molar-refractivity contribution in [2.24, 2.45) is 0 Å². The Morgan fingerprint density at radius 3 is 2.42 bits per heavy atom. The Morgan fingerprint density at radius 1 is 1.13 bits per heavy atom. The Morgan fingerprint density at radius 2 is 1.84 bits per heavy atom. The summed E-state index contributed by atoms with van der Waals surface area (Å²) in [7, 11) is -1.47. The summed E-state index contributed by atoms with van der Waals surface area (Å²) < 4.78 is 41.3. The molecule has 31 heavy (non-hydrogen) atoms. The van der Waals surface area contributed by atoms with E-state index in [-0.39, 0.29) is 11.0 Å². The van der Waals surface area contributed by atoms with Crippen molar-refractivity contribution in [3.8, 4) is 5.82 Å². The number of rotatable bonds is 5. The zero-order valence-electron chi connectivity index (χ0n) is 17.9. The summed E-state index contributed by atoms with van der Waals surface area (Å²) in [4.78, 5) is 16.6. The van der Waals surface area contributed by atoms with Crippen LogP contribution in [0.25, 0.3) is 5.82 Å². The molecule has 0 radical (unpaired) electrons. The topological polar surface area (TPSA) is 97.2 Å². The maximum Gasteiger partial charge on any atom is 0.256 e. The number of carbonyl (C=O) groups is 1. The van der Waals surface area contributed by atoms with Crippen molar-refractivity contribution >= 4 is 21.7 Å². The number of carbonyl (C=O) groups excluding carboxylic acids is 1. The number of hydrogen-bond acceptors (Lipinski definition) is 5. The molecule has 2 heterocycles. The van der Waals surface area contributed by atoms with Crippen molar-refractivity contribution in [1.29, 1.82) is 0 Å². The molecule has 3 rings (SSSR count). The highest BCUT2D eigenvalue weighted by Gasteiger charge is 2.25. The average Bonchev–Trinajstić information content (AvgIpc) is 3.13. The summed E-state index contributed by atoms with van der Waals surface area (Å²) >= 11 is 0. The Labute approximate surface area is 180 Å². The van der Waals surface area contributed by atoms with Gasteiger partial charge in [0.15, 0.2) is 5.82 Å². The molecule has 0 unspecified atom stereocenters.